The topological polar surface area (TPSA) is 61.4 Å². The molecule has 6 heteroatoms. The van der Waals surface area contributed by atoms with Crippen molar-refractivity contribution in [2.24, 2.45) is 0 Å². The molecule has 0 radical (unpaired) electrons. The van der Waals surface area contributed by atoms with Gasteiger partial charge in [-0.2, -0.15) is 0 Å². The van der Waals surface area contributed by atoms with Gasteiger partial charge in [-0.3, -0.25) is 9.69 Å². The van der Waals surface area contributed by atoms with Crippen molar-refractivity contribution in [2.45, 2.75) is 25.8 Å². The summed E-state index contributed by atoms with van der Waals surface area (Å²) in [5.74, 6) is -0.172. The number of anilines is 2. The maximum absolute atomic E-state index is 12.9. The summed E-state index contributed by atoms with van der Waals surface area (Å²) in [5, 5.41) is 6.50. The van der Waals surface area contributed by atoms with E-state index in [4.69, 9.17) is 11.6 Å². The Morgan fingerprint density at radius 1 is 0.903 bits per heavy atom. The average molecular weight is 434 g/mol. The zero-order valence-electron chi connectivity index (χ0n) is 17.1. The smallest absolute Gasteiger partial charge is 0.326 e. The summed E-state index contributed by atoms with van der Waals surface area (Å²) in [7, 11) is 0. The highest BCUT2D eigenvalue weighted by Gasteiger charge is 2.21. The molecule has 2 N–H and O–H groups in total. The third kappa shape index (κ3) is 5.25. The lowest BCUT2D eigenvalue weighted by atomic mass is 10.1. The highest BCUT2D eigenvalue weighted by Crippen LogP contribution is 2.26. The molecule has 3 aromatic carbocycles. The minimum atomic E-state index is -0.172. The number of hydrogen-bond acceptors (Lipinski definition) is 2. The monoisotopic (exact) mass is 433 g/mol. The van der Waals surface area contributed by atoms with Gasteiger partial charge in [0.1, 0.15) is 0 Å². The number of rotatable bonds is 4. The molecule has 0 unspecified atom stereocenters. The Bertz CT molecular complexity index is 1060. The van der Waals surface area contributed by atoms with Crippen molar-refractivity contribution >= 4 is 34.9 Å². The van der Waals surface area contributed by atoms with Gasteiger partial charge in [0.15, 0.2) is 0 Å². The molecule has 1 heterocycles. The van der Waals surface area contributed by atoms with Crippen molar-refractivity contribution in [1.29, 1.82) is 0 Å². The summed E-state index contributed by atoms with van der Waals surface area (Å²) in [6.07, 6.45) is 3.02. The first-order valence-electron chi connectivity index (χ1n) is 10.4. The van der Waals surface area contributed by atoms with Crippen molar-refractivity contribution in [3.8, 4) is 0 Å². The molecule has 5 nitrogen and oxygen atoms in total. The minimum absolute atomic E-state index is 0.158. The number of nitrogens with zero attached hydrogens (tertiary/aromatic N) is 1. The number of amides is 3. The fourth-order valence-corrected chi connectivity index (χ4v) is 3.81. The van der Waals surface area contributed by atoms with Crippen LogP contribution >= 0.6 is 11.6 Å². The van der Waals surface area contributed by atoms with Gasteiger partial charge in [-0.25, -0.2) is 4.79 Å². The van der Waals surface area contributed by atoms with E-state index < -0.39 is 0 Å². The molecule has 0 aromatic heterocycles. The van der Waals surface area contributed by atoms with E-state index in [0.29, 0.717) is 29.4 Å². The van der Waals surface area contributed by atoms with Crippen LogP contribution in [0.3, 0.4) is 0 Å². The SMILES string of the molecule is O=C(NCc1ccc(Cl)cc1)c1ccc(NC(=O)N2CCCCc3ccccc32)cc1. The van der Waals surface area contributed by atoms with E-state index in [1.54, 1.807) is 41.3 Å². The van der Waals surface area contributed by atoms with Gasteiger partial charge in [-0.1, -0.05) is 41.9 Å². The third-order valence-electron chi connectivity index (χ3n) is 5.37. The molecule has 1 aliphatic heterocycles. The zero-order valence-corrected chi connectivity index (χ0v) is 17.9. The van der Waals surface area contributed by atoms with E-state index in [0.717, 1.165) is 30.5 Å². The zero-order chi connectivity index (χ0) is 21.6. The molecule has 0 saturated carbocycles. The number of fused-ring (bicyclic) bond motifs is 1. The number of aryl methyl sites for hydroxylation is 1. The van der Waals surface area contributed by atoms with E-state index in [9.17, 15) is 9.59 Å². The molecule has 3 amide bonds. The Balaban J connectivity index is 1.37. The summed E-state index contributed by atoms with van der Waals surface area (Å²) in [6.45, 7) is 1.11. The number of carbonyl (C=O) groups is 2. The summed E-state index contributed by atoms with van der Waals surface area (Å²) in [6, 6.07) is 22.2. The summed E-state index contributed by atoms with van der Waals surface area (Å²) in [5.41, 5.74) is 4.32. The molecule has 0 bridgehead atoms. The molecular formula is C25H24ClN3O2. The van der Waals surface area contributed by atoms with E-state index in [2.05, 4.69) is 16.7 Å². The van der Waals surface area contributed by atoms with Crippen molar-refractivity contribution in [3.63, 3.8) is 0 Å². The number of carbonyl (C=O) groups excluding carboxylic acids is 2. The maximum atomic E-state index is 12.9. The minimum Gasteiger partial charge on any atom is -0.348 e. The van der Waals surface area contributed by atoms with Gasteiger partial charge >= 0.3 is 6.03 Å². The number of benzene rings is 3. The molecule has 0 spiro atoms. The van der Waals surface area contributed by atoms with Crippen LogP contribution in [-0.4, -0.2) is 18.5 Å². The van der Waals surface area contributed by atoms with Crippen molar-refractivity contribution in [1.82, 2.24) is 5.32 Å². The largest absolute Gasteiger partial charge is 0.348 e. The van der Waals surface area contributed by atoms with Crippen LogP contribution in [0.1, 0.15) is 34.3 Å². The molecular weight excluding hydrogens is 410 g/mol. The quantitative estimate of drug-likeness (QED) is 0.558. The number of para-hydroxylation sites is 1. The van der Waals surface area contributed by atoms with Crippen LogP contribution in [0.5, 0.6) is 0 Å². The van der Waals surface area contributed by atoms with Crippen LogP contribution in [0, 0.1) is 0 Å². The lowest BCUT2D eigenvalue weighted by molar-refractivity contribution is 0.0951. The van der Waals surface area contributed by atoms with E-state index in [1.807, 2.05) is 30.3 Å². The van der Waals surface area contributed by atoms with Gasteiger partial charge in [0.05, 0.1) is 0 Å². The van der Waals surface area contributed by atoms with Crippen LogP contribution in [0.2, 0.25) is 5.02 Å². The standard InChI is InChI=1S/C25H24ClN3O2/c26-21-12-8-18(9-13-21)17-27-24(30)20-10-14-22(15-11-20)28-25(31)29-16-4-3-6-19-5-1-2-7-23(19)29/h1-2,5,7-15H,3-4,6,16-17H2,(H,27,30)(H,28,31). The molecule has 158 valence electrons. The van der Waals surface area contributed by atoms with E-state index in [1.165, 1.54) is 5.56 Å². The van der Waals surface area contributed by atoms with Crippen LogP contribution in [0.4, 0.5) is 16.2 Å². The summed E-state index contributed by atoms with van der Waals surface area (Å²) in [4.78, 5) is 27.1. The fourth-order valence-electron chi connectivity index (χ4n) is 3.68. The van der Waals surface area contributed by atoms with Gasteiger partial charge in [-0.05, 0) is 72.9 Å². The van der Waals surface area contributed by atoms with Gasteiger partial charge in [0.2, 0.25) is 0 Å². The normalized spacial score (nSPS) is 13.1. The number of urea groups is 1. The van der Waals surface area contributed by atoms with Crippen molar-refractivity contribution < 1.29 is 9.59 Å². The lowest BCUT2D eigenvalue weighted by Crippen LogP contribution is -2.35. The highest BCUT2D eigenvalue weighted by atomic mass is 35.5. The predicted molar refractivity (Wildman–Crippen MR) is 125 cm³/mol. The highest BCUT2D eigenvalue weighted by molar-refractivity contribution is 6.30. The second kappa shape index (κ2) is 9.67. The maximum Gasteiger partial charge on any atom is 0.326 e. The molecule has 0 aliphatic carbocycles. The molecule has 1 aliphatic rings. The van der Waals surface area contributed by atoms with Crippen molar-refractivity contribution in [2.75, 3.05) is 16.8 Å². The lowest BCUT2D eigenvalue weighted by Gasteiger charge is -2.23. The van der Waals surface area contributed by atoms with Gasteiger partial charge in [-0.15, -0.1) is 0 Å². The van der Waals surface area contributed by atoms with Gasteiger partial charge < -0.3 is 10.6 Å². The summed E-state index contributed by atoms with van der Waals surface area (Å²) >= 11 is 5.88. The predicted octanol–water partition coefficient (Wildman–Crippen LogP) is 5.64. The van der Waals surface area contributed by atoms with E-state index in [-0.39, 0.29) is 11.9 Å². The van der Waals surface area contributed by atoms with E-state index >= 15 is 0 Å². The molecule has 4 rings (SSSR count). The van der Waals surface area contributed by atoms with Crippen molar-refractivity contribution in [3.05, 3.63) is 94.5 Å². The summed E-state index contributed by atoms with van der Waals surface area (Å²) < 4.78 is 0. The van der Waals surface area contributed by atoms with Crippen LogP contribution in [0.25, 0.3) is 0 Å². The third-order valence-corrected chi connectivity index (χ3v) is 5.62. The average Bonchev–Trinajstić information content (AvgIpc) is 3.02. The number of nitrogens with one attached hydrogen (secondary N) is 2. The van der Waals surface area contributed by atoms with Gasteiger partial charge in [0, 0.05) is 35.1 Å². The number of hydrogen-bond donors (Lipinski definition) is 2. The Labute approximate surface area is 187 Å². The van der Waals surface area contributed by atoms with Gasteiger partial charge in [0.25, 0.3) is 5.91 Å². The Kier molecular flexibility index (Phi) is 6.53. The second-order valence-corrected chi connectivity index (χ2v) is 7.99. The van der Waals surface area contributed by atoms with Crippen LogP contribution in [-0.2, 0) is 13.0 Å². The number of halogens is 1. The Morgan fingerprint density at radius 3 is 2.42 bits per heavy atom. The Hall–Kier alpha value is -3.31. The molecule has 0 atom stereocenters. The molecule has 3 aromatic rings. The van der Waals surface area contributed by atoms with Crippen LogP contribution < -0.4 is 15.5 Å². The molecule has 31 heavy (non-hydrogen) atoms. The first-order chi connectivity index (χ1) is 15.1. The molecule has 0 fully saturated rings. The first kappa shape index (κ1) is 20.9. The fraction of sp³-hybridized carbons (Fsp3) is 0.200. The molecule has 0 saturated heterocycles. The van der Waals surface area contributed by atoms with Crippen LogP contribution in [0.15, 0.2) is 72.8 Å². The first-order valence-corrected chi connectivity index (χ1v) is 10.8. The second-order valence-electron chi connectivity index (χ2n) is 7.55. The Morgan fingerprint density at radius 2 is 1.65 bits per heavy atom.